The average Bonchev–Trinajstić information content (AvgIpc) is 3.44. The number of aromatic nitrogens is 1. The Morgan fingerprint density at radius 1 is 1.07 bits per heavy atom. The van der Waals surface area contributed by atoms with E-state index >= 15 is 0 Å². The fourth-order valence-corrected chi connectivity index (χ4v) is 4.58. The fraction of sp³-hybridized carbons (Fsp3) is 0.545. The lowest BCUT2D eigenvalue weighted by molar-refractivity contribution is -0.134. The van der Waals surface area contributed by atoms with Crippen molar-refractivity contribution >= 4 is 11.9 Å². The molecule has 156 valence electrons. The molecule has 29 heavy (non-hydrogen) atoms. The topological polar surface area (TPSA) is 67.9 Å². The smallest absolute Gasteiger partial charge is 0.354 e. The van der Waals surface area contributed by atoms with Gasteiger partial charge in [-0.3, -0.25) is 9.69 Å². The van der Waals surface area contributed by atoms with Gasteiger partial charge in [-0.15, -0.1) is 0 Å². The number of methoxy groups -OCH3 is 1. The fourth-order valence-electron chi connectivity index (χ4n) is 4.58. The quantitative estimate of drug-likeness (QED) is 0.723. The molecule has 0 aromatic carbocycles. The molecule has 0 atom stereocenters. The lowest BCUT2D eigenvalue weighted by Gasteiger charge is -2.40. The molecule has 1 aliphatic heterocycles. The summed E-state index contributed by atoms with van der Waals surface area (Å²) in [5.41, 5.74) is 1.05. The number of piperazine rings is 1. The molecule has 1 amide bonds. The first-order valence-corrected chi connectivity index (χ1v) is 10.5. The van der Waals surface area contributed by atoms with Crippen molar-refractivity contribution in [3.63, 3.8) is 0 Å². The van der Waals surface area contributed by atoms with Gasteiger partial charge in [0.2, 0.25) is 5.91 Å². The van der Waals surface area contributed by atoms with E-state index in [9.17, 15) is 9.59 Å². The van der Waals surface area contributed by atoms with E-state index in [-0.39, 0.29) is 12.5 Å². The summed E-state index contributed by atoms with van der Waals surface area (Å²) in [4.78, 5) is 29.7. The SMILES string of the molecule is COC(=O)c1ccc(-c2ccco2)n1CC(=O)N1CCN(C2CCCCC2)CC1. The van der Waals surface area contributed by atoms with Gasteiger partial charge in [0.15, 0.2) is 0 Å². The number of carbonyl (C=O) groups excluding carboxylic acids is 2. The van der Waals surface area contributed by atoms with E-state index in [0.717, 1.165) is 26.2 Å². The molecule has 2 fully saturated rings. The van der Waals surface area contributed by atoms with Crippen LogP contribution in [-0.4, -0.2) is 65.6 Å². The maximum Gasteiger partial charge on any atom is 0.354 e. The van der Waals surface area contributed by atoms with Gasteiger partial charge in [0.25, 0.3) is 0 Å². The van der Waals surface area contributed by atoms with Crippen molar-refractivity contribution in [2.45, 2.75) is 44.7 Å². The summed E-state index contributed by atoms with van der Waals surface area (Å²) in [5.74, 6) is 0.176. The molecule has 2 aromatic rings. The highest BCUT2D eigenvalue weighted by molar-refractivity contribution is 5.90. The third-order valence-corrected chi connectivity index (χ3v) is 6.20. The predicted octanol–water partition coefficient (Wildman–Crippen LogP) is 3.01. The first kappa shape index (κ1) is 19.8. The molecule has 0 N–H and O–H groups in total. The predicted molar refractivity (Wildman–Crippen MR) is 108 cm³/mol. The van der Waals surface area contributed by atoms with E-state index < -0.39 is 5.97 Å². The molecule has 4 rings (SSSR count). The highest BCUT2D eigenvalue weighted by Crippen LogP contribution is 2.25. The van der Waals surface area contributed by atoms with Crippen LogP contribution >= 0.6 is 0 Å². The average molecular weight is 399 g/mol. The van der Waals surface area contributed by atoms with Crippen LogP contribution in [0, 0.1) is 0 Å². The molecule has 1 aliphatic carbocycles. The van der Waals surface area contributed by atoms with Crippen LogP contribution in [-0.2, 0) is 16.1 Å². The van der Waals surface area contributed by atoms with Crippen LogP contribution in [0.25, 0.3) is 11.5 Å². The maximum atomic E-state index is 13.0. The van der Waals surface area contributed by atoms with Gasteiger partial charge >= 0.3 is 5.97 Å². The standard InChI is InChI=1S/C22H29N3O4/c1-28-22(27)19-10-9-18(20-8-5-15-29-20)25(19)16-21(26)24-13-11-23(12-14-24)17-6-3-2-4-7-17/h5,8-10,15,17H,2-4,6-7,11-14,16H2,1H3. The molecule has 7 nitrogen and oxygen atoms in total. The van der Waals surface area contributed by atoms with E-state index in [0.29, 0.717) is 23.2 Å². The lowest BCUT2D eigenvalue weighted by Crippen LogP contribution is -2.53. The molecule has 0 unspecified atom stereocenters. The number of nitrogens with zero attached hydrogens (tertiary/aromatic N) is 3. The molecular weight excluding hydrogens is 370 g/mol. The third-order valence-electron chi connectivity index (χ3n) is 6.20. The Morgan fingerprint density at radius 2 is 1.83 bits per heavy atom. The largest absolute Gasteiger partial charge is 0.464 e. The number of ether oxygens (including phenoxy) is 1. The second kappa shape index (κ2) is 8.86. The summed E-state index contributed by atoms with van der Waals surface area (Å²) in [6.45, 7) is 3.42. The Kier molecular flexibility index (Phi) is 6.04. The number of furan rings is 1. The molecule has 2 aromatic heterocycles. The van der Waals surface area contributed by atoms with Crippen molar-refractivity contribution in [2.75, 3.05) is 33.3 Å². The lowest BCUT2D eigenvalue weighted by atomic mass is 9.94. The normalized spacial score (nSPS) is 18.7. The van der Waals surface area contributed by atoms with E-state index in [4.69, 9.17) is 9.15 Å². The summed E-state index contributed by atoms with van der Waals surface area (Å²) in [6, 6.07) is 7.76. The highest BCUT2D eigenvalue weighted by atomic mass is 16.5. The van der Waals surface area contributed by atoms with Gasteiger partial charge < -0.3 is 18.6 Å². The zero-order chi connectivity index (χ0) is 20.2. The number of amides is 1. The van der Waals surface area contributed by atoms with Gasteiger partial charge in [0, 0.05) is 32.2 Å². The van der Waals surface area contributed by atoms with Crippen molar-refractivity contribution < 1.29 is 18.7 Å². The molecule has 7 heteroatoms. The number of rotatable bonds is 5. The van der Waals surface area contributed by atoms with Gasteiger partial charge in [0.1, 0.15) is 18.0 Å². The molecule has 0 spiro atoms. The second-order valence-corrected chi connectivity index (χ2v) is 7.87. The monoisotopic (exact) mass is 399 g/mol. The second-order valence-electron chi connectivity index (χ2n) is 7.87. The Morgan fingerprint density at radius 3 is 2.48 bits per heavy atom. The van der Waals surface area contributed by atoms with Crippen molar-refractivity contribution in [1.29, 1.82) is 0 Å². The van der Waals surface area contributed by atoms with Crippen LogP contribution < -0.4 is 0 Å². The van der Waals surface area contributed by atoms with Crippen molar-refractivity contribution in [1.82, 2.24) is 14.4 Å². The van der Waals surface area contributed by atoms with Gasteiger partial charge in [-0.1, -0.05) is 19.3 Å². The van der Waals surface area contributed by atoms with Gasteiger partial charge in [0.05, 0.1) is 19.1 Å². The zero-order valence-corrected chi connectivity index (χ0v) is 17.0. The van der Waals surface area contributed by atoms with Gasteiger partial charge in [-0.05, 0) is 37.1 Å². The van der Waals surface area contributed by atoms with Crippen molar-refractivity contribution in [2.24, 2.45) is 0 Å². The molecule has 1 saturated heterocycles. The molecule has 1 saturated carbocycles. The molecular formula is C22H29N3O4. The summed E-state index contributed by atoms with van der Waals surface area (Å²) in [5, 5.41) is 0. The molecule has 0 bridgehead atoms. The molecule has 0 radical (unpaired) electrons. The van der Waals surface area contributed by atoms with Crippen molar-refractivity contribution in [3.05, 3.63) is 36.2 Å². The van der Waals surface area contributed by atoms with E-state index in [1.54, 1.807) is 29.0 Å². The minimum absolute atomic E-state index is 0.0162. The summed E-state index contributed by atoms with van der Waals surface area (Å²) in [6.07, 6.45) is 8.15. The van der Waals surface area contributed by atoms with Crippen molar-refractivity contribution in [3.8, 4) is 11.5 Å². The summed E-state index contributed by atoms with van der Waals surface area (Å²) >= 11 is 0. The Labute approximate surface area is 171 Å². The van der Waals surface area contributed by atoms with E-state index in [2.05, 4.69) is 4.90 Å². The van der Waals surface area contributed by atoms with Crippen LogP contribution in [0.5, 0.6) is 0 Å². The number of carbonyl (C=O) groups is 2. The van der Waals surface area contributed by atoms with E-state index in [1.807, 2.05) is 11.0 Å². The Balaban J connectivity index is 1.44. The van der Waals surface area contributed by atoms with Gasteiger partial charge in [-0.25, -0.2) is 4.79 Å². The molecule has 3 heterocycles. The first-order valence-electron chi connectivity index (χ1n) is 10.5. The van der Waals surface area contributed by atoms with Crippen LogP contribution in [0.3, 0.4) is 0 Å². The summed E-state index contributed by atoms with van der Waals surface area (Å²) in [7, 11) is 1.35. The minimum Gasteiger partial charge on any atom is -0.464 e. The number of esters is 1. The van der Waals surface area contributed by atoms with Crippen LogP contribution in [0.4, 0.5) is 0 Å². The third kappa shape index (κ3) is 4.24. The van der Waals surface area contributed by atoms with Crippen LogP contribution in [0.2, 0.25) is 0 Å². The van der Waals surface area contributed by atoms with Gasteiger partial charge in [-0.2, -0.15) is 0 Å². The van der Waals surface area contributed by atoms with Crippen LogP contribution in [0.1, 0.15) is 42.6 Å². The molecule has 2 aliphatic rings. The zero-order valence-electron chi connectivity index (χ0n) is 17.0. The number of hydrogen-bond acceptors (Lipinski definition) is 5. The Hall–Kier alpha value is -2.54. The maximum absolute atomic E-state index is 13.0. The number of hydrogen-bond donors (Lipinski definition) is 0. The minimum atomic E-state index is -0.460. The summed E-state index contributed by atoms with van der Waals surface area (Å²) < 4.78 is 12.1. The van der Waals surface area contributed by atoms with E-state index in [1.165, 1.54) is 39.2 Å². The Bertz CT molecular complexity index is 828. The van der Waals surface area contributed by atoms with Crippen LogP contribution in [0.15, 0.2) is 34.9 Å². The highest BCUT2D eigenvalue weighted by Gasteiger charge is 2.28. The first-order chi connectivity index (χ1) is 14.2.